The van der Waals surface area contributed by atoms with Crippen molar-refractivity contribution in [3.8, 4) is 11.5 Å². The summed E-state index contributed by atoms with van der Waals surface area (Å²) in [6.07, 6.45) is 2.22. The van der Waals surface area contributed by atoms with Gasteiger partial charge < -0.3 is 20.1 Å². The van der Waals surface area contributed by atoms with Gasteiger partial charge in [-0.2, -0.15) is 0 Å². The van der Waals surface area contributed by atoms with Gasteiger partial charge in [0.25, 0.3) is 5.91 Å². The van der Waals surface area contributed by atoms with Gasteiger partial charge in [-0.05, 0) is 36.2 Å². The molecule has 0 radical (unpaired) electrons. The average molecular weight is 354 g/mol. The molecule has 2 amide bonds. The molecular weight excluding hydrogens is 332 g/mol. The van der Waals surface area contributed by atoms with Crippen LogP contribution in [0.25, 0.3) is 0 Å². The summed E-state index contributed by atoms with van der Waals surface area (Å²) in [4.78, 5) is 24.5. The summed E-state index contributed by atoms with van der Waals surface area (Å²) in [6.45, 7) is 2.61. The van der Waals surface area contributed by atoms with E-state index in [0.717, 1.165) is 18.4 Å². The van der Waals surface area contributed by atoms with Gasteiger partial charge >= 0.3 is 0 Å². The summed E-state index contributed by atoms with van der Waals surface area (Å²) < 4.78 is 10.6. The molecule has 0 aromatic heterocycles. The lowest BCUT2D eigenvalue weighted by molar-refractivity contribution is -0.116. The molecule has 1 heterocycles. The van der Waals surface area contributed by atoms with Crippen molar-refractivity contribution in [3.05, 3.63) is 53.6 Å². The molecule has 0 atom stereocenters. The van der Waals surface area contributed by atoms with Crippen molar-refractivity contribution in [1.82, 2.24) is 5.32 Å². The van der Waals surface area contributed by atoms with Gasteiger partial charge in [0.2, 0.25) is 12.7 Å². The van der Waals surface area contributed by atoms with Crippen LogP contribution < -0.4 is 20.1 Å². The smallest absolute Gasteiger partial charge is 0.253 e. The van der Waals surface area contributed by atoms with Gasteiger partial charge in [0.15, 0.2) is 11.5 Å². The topological polar surface area (TPSA) is 76.7 Å². The molecule has 1 aliphatic heterocycles. The molecule has 3 rings (SSSR count). The maximum atomic E-state index is 12.5. The number of unbranched alkanes of at least 4 members (excludes halogenated alkanes) is 1. The number of ether oxygens (including phenoxy) is 2. The summed E-state index contributed by atoms with van der Waals surface area (Å²) in [5.41, 5.74) is 1.88. The van der Waals surface area contributed by atoms with Crippen molar-refractivity contribution < 1.29 is 19.1 Å². The fourth-order valence-corrected chi connectivity index (χ4v) is 2.67. The Hall–Kier alpha value is -3.02. The van der Waals surface area contributed by atoms with Crippen molar-refractivity contribution in [2.45, 2.75) is 32.7 Å². The molecule has 2 N–H and O–H groups in total. The van der Waals surface area contributed by atoms with Crippen LogP contribution in [0, 0.1) is 0 Å². The Morgan fingerprint density at radius 1 is 1.08 bits per heavy atom. The first-order chi connectivity index (χ1) is 12.7. The SMILES string of the molecule is CCCCC(=O)Nc1ccccc1C(=O)NCc1ccc2c(c1)OCO2. The molecule has 2 aromatic carbocycles. The molecule has 0 bridgehead atoms. The van der Waals surface area contributed by atoms with Crippen LogP contribution in [0.3, 0.4) is 0 Å². The Kier molecular flexibility index (Phi) is 5.73. The number of carbonyl (C=O) groups is 2. The van der Waals surface area contributed by atoms with E-state index in [1.165, 1.54) is 0 Å². The molecule has 0 saturated heterocycles. The molecule has 0 saturated carbocycles. The third-order valence-electron chi connectivity index (χ3n) is 4.09. The molecule has 26 heavy (non-hydrogen) atoms. The maximum Gasteiger partial charge on any atom is 0.253 e. The fourth-order valence-electron chi connectivity index (χ4n) is 2.67. The third-order valence-corrected chi connectivity index (χ3v) is 4.09. The van der Waals surface area contributed by atoms with E-state index in [2.05, 4.69) is 10.6 Å². The summed E-state index contributed by atoms with van der Waals surface area (Å²) in [5, 5.41) is 5.70. The molecule has 6 heteroatoms. The highest BCUT2D eigenvalue weighted by Crippen LogP contribution is 2.32. The van der Waals surface area contributed by atoms with Crippen molar-refractivity contribution in [1.29, 1.82) is 0 Å². The minimum Gasteiger partial charge on any atom is -0.454 e. The van der Waals surface area contributed by atoms with Crippen molar-refractivity contribution in [3.63, 3.8) is 0 Å². The lowest BCUT2D eigenvalue weighted by atomic mass is 10.1. The number of hydrogen-bond donors (Lipinski definition) is 2. The van der Waals surface area contributed by atoms with Crippen LogP contribution in [0.2, 0.25) is 0 Å². The van der Waals surface area contributed by atoms with Crippen LogP contribution in [-0.4, -0.2) is 18.6 Å². The second-order valence-corrected chi connectivity index (χ2v) is 6.07. The highest BCUT2D eigenvalue weighted by atomic mass is 16.7. The van der Waals surface area contributed by atoms with Crippen molar-refractivity contribution >= 4 is 17.5 Å². The van der Waals surface area contributed by atoms with Crippen LogP contribution in [0.4, 0.5) is 5.69 Å². The molecule has 136 valence electrons. The van der Waals surface area contributed by atoms with E-state index >= 15 is 0 Å². The first-order valence-electron chi connectivity index (χ1n) is 8.73. The highest BCUT2D eigenvalue weighted by Gasteiger charge is 2.15. The monoisotopic (exact) mass is 354 g/mol. The predicted molar refractivity (Wildman–Crippen MR) is 98.3 cm³/mol. The van der Waals surface area contributed by atoms with Gasteiger partial charge in [0, 0.05) is 13.0 Å². The standard InChI is InChI=1S/C20H22N2O4/c1-2-3-8-19(23)22-16-7-5-4-6-15(16)20(24)21-12-14-9-10-17-18(11-14)26-13-25-17/h4-7,9-11H,2-3,8,12-13H2,1H3,(H,21,24)(H,22,23). The van der Waals surface area contributed by atoms with E-state index in [-0.39, 0.29) is 18.6 Å². The number of hydrogen-bond acceptors (Lipinski definition) is 4. The Bertz CT molecular complexity index is 804. The molecule has 6 nitrogen and oxygen atoms in total. The third kappa shape index (κ3) is 4.33. The number of amides is 2. The molecule has 1 aliphatic rings. The number of rotatable bonds is 7. The second kappa shape index (κ2) is 8.38. The van der Waals surface area contributed by atoms with Gasteiger partial charge in [-0.25, -0.2) is 0 Å². The summed E-state index contributed by atoms with van der Waals surface area (Å²) in [7, 11) is 0. The molecule has 0 spiro atoms. The molecule has 0 aliphatic carbocycles. The lowest BCUT2D eigenvalue weighted by Gasteiger charge is -2.11. The molecule has 2 aromatic rings. The Morgan fingerprint density at radius 2 is 1.88 bits per heavy atom. The minimum absolute atomic E-state index is 0.0807. The number of benzene rings is 2. The minimum atomic E-state index is -0.242. The van der Waals surface area contributed by atoms with Gasteiger partial charge in [-0.1, -0.05) is 31.5 Å². The highest BCUT2D eigenvalue weighted by molar-refractivity contribution is 6.03. The van der Waals surface area contributed by atoms with E-state index in [4.69, 9.17) is 9.47 Å². The Morgan fingerprint density at radius 3 is 2.73 bits per heavy atom. The number of carbonyl (C=O) groups excluding carboxylic acids is 2. The van der Waals surface area contributed by atoms with E-state index in [9.17, 15) is 9.59 Å². The summed E-state index contributed by atoms with van der Waals surface area (Å²) in [5.74, 6) is 1.07. The first kappa shape index (κ1) is 17.8. The second-order valence-electron chi connectivity index (χ2n) is 6.07. The van der Waals surface area contributed by atoms with E-state index in [0.29, 0.717) is 35.7 Å². The van der Waals surface area contributed by atoms with Crippen molar-refractivity contribution in [2.24, 2.45) is 0 Å². The van der Waals surface area contributed by atoms with Gasteiger partial charge in [0.05, 0.1) is 11.3 Å². The van der Waals surface area contributed by atoms with Crippen LogP contribution in [0.5, 0.6) is 11.5 Å². The number of nitrogens with one attached hydrogen (secondary N) is 2. The zero-order valence-electron chi connectivity index (χ0n) is 14.7. The quantitative estimate of drug-likeness (QED) is 0.798. The zero-order valence-corrected chi connectivity index (χ0v) is 14.7. The van der Waals surface area contributed by atoms with Gasteiger partial charge in [-0.15, -0.1) is 0 Å². The van der Waals surface area contributed by atoms with Gasteiger partial charge in [0.1, 0.15) is 0 Å². The fraction of sp³-hybridized carbons (Fsp3) is 0.300. The number of fused-ring (bicyclic) bond motifs is 1. The Labute approximate surface area is 152 Å². The van der Waals surface area contributed by atoms with Gasteiger partial charge in [-0.3, -0.25) is 9.59 Å². The van der Waals surface area contributed by atoms with Crippen LogP contribution in [-0.2, 0) is 11.3 Å². The maximum absolute atomic E-state index is 12.5. The van der Waals surface area contributed by atoms with Crippen LogP contribution in [0.1, 0.15) is 42.1 Å². The average Bonchev–Trinajstić information content (AvgIpc) is 3.12. The zero-order chi connectivity index (χ0) is 18.4. The van der Waals surface area contributed by atoms with Crippen molar-refractivity contribution in [2.75, 3.05) is 12.1 Å². The molecule has 0 fully saturated rings. The van der Waals surface area contributed by atoms with Crippen LogP contribution >= 0.6 is 0 Å². The van der Waals surface area contributed by atoms with E-state index < -0.39 is 0 Å². The summed E-state index contributed by atoms with van der Waals surface area (Å²) in [6, 6.07) is 12.6. The largest absolute Gasteiger partial charge is 0.454 e. The number of para-hydroxylation sites is 1. The number of anilines is 1. The first-order valence-corrected chi connectivity index (χ1v) is 8.73. The molecule has 0 unspecified atom stereocenters. The van der Waals surface area contributed by atoms with E-state index in [1.807, 2.05) is 25.1 Å². The van der Waals surface area contributed by atoms with E-state index in [1.54, 1.807) is 24.3 Å². The lowest BCUT2D eigenvalue weighted by Crippen LogP contribution is -2.24. The summed E-state index contributed by atoms with van der Waals surface area (Å²) >= 11 is 0. The normalized spacial score (nSPS) is 11.9. The molecular formula is C20H22N2O4. The predicted octanol–water partition coefficient (Wildman–Crippen LogP) is 3.47. The van der Waals surface area contributed by atoms with Crippen LogP contribution in [0.15, 0.2) is 42.5 Å². The Balaban J connectivity index is 1.63.